The molecule has 1 saturated heterocycles. The van der Waals surface area contributed by atoms with E-state index in [4.69, 9.17) is 4.74 Å². The molecule has 82 valence electrons. The monoisotopic (exact) mass is 197 g/mol. The summed E-state index contributed by atoms with van der Waals surface area (Å²) in [5, 5.41) is 3.58. The number of ether oxygens (including phenoxy) is 1. The van der Waals surface area contributed by atoms with Gasteiger partial charge < -0.3 is 4.74 Å². The molecule has 2 fully saturated rings. The van der Waals surface area contributed by atoms with Gasteiger partial charge in [0.15, 0.2) is 0 Å². The van der Waals surface area contributed by atoms with Gasteiger partial charge in [-0.05, 0) is 44.9 Å². The maximum Gasteiger partial charge on any atom is 0.120 e. The van der Waals surface area contributed by atoms with E-state index in [1.54, 1.807) is 0 Å². The van der Waals surface area contributed by atoms with Crippen molar-refractivity contribution in [2.75, 3.05) is 6.54 Å². The number of hydrogen-bond acceptors (Lipinski definition) is 2. The van der Waals surface area contributed by atoms with E-state index in [0.717, 1.165) is 19.4 Å². The van der Waals surface area contributed by atoms with Gasteiger partial charge in [0.2, 0.25) is 0 Å². The maximum atomic E-state index is 6.25. The summed E-state index contributed by atoms with van der Waals surface area (Å²) >= 11 is 0. The summed E-state index contributed by atoms with van der Waals surface area (Å²) in [6.07, 6.45) is 4.72. The fraction of sp³-hybridized carbons (Fsp3) is 1.00. The van der Waals surface area contributed by atoms with E-state index in [0.29, 0.717) is 5.41 Å². The lowest BCUT2D eigenvalue weighted by Gasteiger charge is -2.44. The van der Waals surface area contributed by atoms with Gasteiger partial charge in [0.25, 0.3) is 0 Å². The molecule has 0 aromatic rings. The largest absolute Gasteiger partial charge is 0.355 e. The van der Waals surface area contributed by atoms with Gasteiger partial charge in [0.05, 0.1) is 5.60 Å². The van der Waals surface area contributed by atoms with Crippen LogP contribution in [0.15, 0.2) is 0 Å². The van der Waals surface area contributed by atoms with Crippen LogP contribution < -0.4 is 5.32 Å². The van der Waals surface area contributed by atoms with Gasteiger partial charge in [-0.25, -0.2) is 0 Å². The highest BCUT2D eigenvalue weighted by Crippen LogP contribution is 2.47. The highest BCUT2D eigenvalue weighted by molar-refractivity contribution is 4.97. The summed E-state index contributed by atoms with van der Waals surface area (Å²) in [5.74, 6) is 0. The summed E-state index contributed by atoms with van der Waals surface area (Å²) in [7, 11) is 0. The second-order valence-electron chi connectivity index (χ2n) is 6.37. The molecule has 0 aromatic carbocycles. The molecule has 0 bridgehead atoms. The smallest absolute Gasteiger partial charge is 0.120 e. The van der Waals surface area contributed by atoms with Crippen molar-refractivity contribution in [3.8, 4) is 0 Å². The first-order valence-corrected chi connectivity index (χ1v) is 5.78. The third-order valence-electron chi connectivity index (χ3n) is 3.62. The highest BCUT2D eigenvalue weighted by Gasteiger charge is 2.48. The molecule has 2 nitrogen and oxygen atoms in total. The van der Waals surface area contributed by atoms with Crippen molar-refractivity contribution in [2.24, 2.45) is 5.41 Å². The average molecular weight is 197 g/mol. The lowest BCUT2D eigenvalue weighted by atomic mass is 9.90. The SMILES string of the molecule is CC1(C)CCC2(C1)NCCC(C)(C)O2. The van der Waals surface area contributed by atoms with Crippen molar-refractivity contribution in [1.82, 2.24) is 5.32 Å². The predicted molar refractivity (Wildman–Crippen MR) is 58.1 cm³/mol. The molecule has 2 rings (SSSR count). The Morgan fingerprint density at radius 2 is 1.71 bits per heavy atom. The summed E-state index contributed by atoms with van der Waals surface area (Å²) in [5.41, 5.74) is 0.497. The molecule has 1 atom stereocenters. The second kappa shape index (κ2) is 2.96. The number of nitrogens with one attached hydrogen (secondary N) is 1. The molecular formula is C12H23NO. The Morgan fingerprint density at radius 1 is 1.00 bits per heavy atom. The van der Waals surface area contributed by atoms with Crippen LogP contribution in [0.2, 0.25) is 0 Å². The van der Waals surface area contributed by atoms with Crippen molar-refractivity contribution in [3.05, 3.63) is 0 Å². The number of hydrogen-bond donors (Lipinski definition) is 1. The molecular weight excluding hydrogens is 174 g/mol. The third-order valence-corrected chi connectivity index (χ3v) is 3.62. The fourth-order valence-corrected chi connectivity index (χ4v) is 2.94. The molecule has 1 heterocycles. The topological polar surface area (TPSA) is 21.3 Å². The minimum atomic E-state index is -0.00868. The Kier molecular flexibility index (Phi) is 2.20. The Labute approximate surface area is 87.4 Å². The zero-order chi connectivity index (χ0) is 10.4. The van der Waals surface area contributed by atoms with Gasteiger partial charge in [-0.3, -0.25) is 5.32 Å². The minimum Gasteiger partial charge on any atom is -0.355 e. The molecule has 2 aliphatic rings. The van der Waals surface area contributed by atoms with Gasteiger partial charge in [-0.15, -0.1) is 0 Å². The highest BCUT2D eigenvalue weighted by atomic mass is 16.5. The average Bonchev–Trinajstić information content (AvgIpc) is 2.24. The Bertz CT molecular complexity index is 234. The van der Waals surface area contributed by atoms with Crippen LogP contribution in [0.3, 0.4) is 0 Å². The normalized spacial score (nSPS) is 40.3. The van der Waals surface area contributed by atoms with E-state index in [2.05, 4.69) is 33.0 Å². The molecule has 0 amide bonds. The first-order chi connectivity index (χ1) is 6.33. The first-order valence-electron chi connectivity index (χ1n) is 5.78. The summed E-state index contributed by atoms with van der Waals surface area (Å²) in [6.45, 7) is 10.2. The Hall–Kier alpha value is -0.0800. The lowest BCUT2D eigenvalue weighted by Crippen LogP contribution is -2.56. The van der Waals surface area contributed by atoms with E-state index >= 15 is 0 Å². The van der Waals surface area contributed by atoms with Crippen LogP contribution in [0, 0.1) is 5.41 Å². The molecule has 0 aromatic heterocycles. The van der Waals surface area contributed by atoms with E-state index in [1.165, 1.54) is 12.8 Å². The first kappa shape index (κ1) is 10.4. The van der Waals surface area contributed by atoms with Crippen LogP contribution in [-0.2, 0) is 4.74 Å². The zero-order valence-electron chi connectivity index (χ0n) is 9.94. The van der Waals surface area contributed by atoms with Crippen LogP contribution >= 0.6 is 0 Å². The van der Waals surface area contributed by atoms with Crippen LogP contribution in [-0.4, -0.2) is 17.9 Å². The zero-order valence-corrected chi connectivity index (χ0v) is 9.94. The molecule has 1 N–H and O–H groups in total. The van der Waals surface area contributed by atoms with Crippen LogP contribution in [0.25, 0.3) is 0 Å². The van der Waals surface area contributed by atoms with Gasteiger partial charge in [0.1, 0.15) is 5.72 Å². The van der Waals surface area contributed by atoms with Gasteiger partial charge >= 0.3 is 0 Å². The standard InChI is InChI=1S/C12H23NO/c1-10(2)5-6-12(9-10)13-8-7-11(3,4)14-12/h13H,5-9H2,1-4H3. The minimum absolute atomic E-state index is 0.00868. The summed E-state index contributed by atoms with van der Waals surface area (Å²) in [4.78, 5) is 0. The Balaban J connectivity index is 2.10. The molecule has 0 radical (unpaired) electrons. The lowest BCUT2D eigenvalue weighted by molar-refractivity contribution is -0.185. The maximum absolute atomic E-state index is 6.25. The molecule has 14 heavy (non-hydrogen) atoms. The van der Waals surface area contributed by atoms with Crippen molar-refractivity contribution in [3.63, 3.8) is 0 Å². The summed E-state index contributed by atoms with van der Waals surface area (Å²) in [6, 6.07) is 0. The fourth-order valence-electron chi connectivity index (χ4n) is 2.94. The molecule has 1 aliphatic carbocycles. The van der Waals surface area contributed by atoms with Crippen LogP contribution in [0.1, 0.15) is 53.4 Å². The second-order valence-corrected chi connectivity index (χ2v) is 6.37. The van der Waals surface area contributed by atoms with E-state index in [9.17, 15) is 0 Å². The molecule has 2 heteroatoms. The quantitative estimate of drug-likeness (QED) is 0.644. The Morgan fingerprint density at radius 3 is 2.21 bits per heavy atom. The summed E-state index contributed by atoms with van der Waals surface area (Å²) < 4.78 is 6.25. The molecule has 1 spiro atoms. The van der Waals surface area contributed by atoms with E-state index in [1.807, 2.05) is 0 Å². The van der Waals surface area contributed by atoms with Gasteiger partial charge in [-0.2, -0.15) is 0 Å². The molecule has 1 aliphatic heterocycles. The molecule has 1 saturated carbocycles. The third kappa shape index (κ3) is 1.96. The van der Waals surface area contributed by atoms with E-state index < -0.39 is 0 Å². The van der Waals surface area contributed by atoms with Gasteiger partial charge in [-0.1, -0.05) is 13.8 Å². The molecule has 1 unspecified atom stereocenters. The van der Waals surface area contributed by atoms with Crippen molar-refractivity contribution < 1.29 is 4.74 Å². The number of rotatable bonds is 0. The van der Waals surface area contributed by atoms with E-state index in [-0.39, 0.29) is 11.3 Å². The van der Waals surface area contributed by atoms with Crippen molar-refractivity contribution in [1.29, 1.82) is 0 Å². The van der Waals surface area contributed by atoms with Crippen LogP contribution in [0.5, 0.6) is 0 Å². The van der Waals surface area contributed by atoms with Crippen molar-refractivity contribution in [2.45, 2.75) is 64.7 Å². The van der Waals surface area contributed by atoms with Crippen LogP contribution in [0.4, 0.5) is 0 Å². The van der Waals surface area contributed by atoms with Gasteiger partial charge in [0, 0.05) is 6.54 Å². The predicted octanol–water partition coefficient (Wildman–Crippen LogP) is 2.68. The van der Waals surface area contributed by atoms with Crippen molar-refractivity contribution >= 4 is 0 Å².